The number of likely N-dealkylation sites (tertiary alicyclic amines) is 2. The first kappa shape index (κ1) is 13.3. The minimum absolute atomic E-state index is 0.760. The predicted molar refractivity (Wildman–Crippen MR) is 73.1 cm³/mol. The molecular weight excluding hydrogens is 210 g/mol. The zero-order valence-corrected chi connectivity index (χ0v) is 11.6. The SMILES string of the molecule is CC1CC(N2CCC(CCN)CC2)CCN1C. The second kappa shape index (κ2) is 6.17. The van der Waals surface area contributed by atoms with Crippen LogP contribution in [-0.2, 0) is 0 Å². The highest BCUT2D eigenvalue weighted by Gasteiger charge is 2.29. The molecule has 3 nitrogen and oxygen atoms in total. The minimum atomic E-state index is 0.760. The molecule has 2 N–H and O–H groups in total. The molecule has 2 rings (SSSR count). The fourth-order valence-electron chi connectivity index (χ4n) is 3.44. The van der Waals surface area contributed by atoms with Gasteiger partial charge >= 0.3 is 0 Å². The largest absolute Gasteiger partial charge is 0.330 e. The fraction of sp³-hybridized carbons (Fsp3) is 1.00. The van der Waals surface area contributed by atoms with Crippen LogP contribution >= 0.6 is 0 Å². The van der Waals surface area contributed by atoms with Crippen LogP contribution in [0.3, 0.4) is 0 Å². The van der Waals surface area contributed by atoms with Crippen molar-refractivity contribution in [1.29, 1.82) is 0 Å². The van der Waals surface area contributed by atoms with Gasteiger partial charge in [0.25, 0.3) is 0 Å². The average Bonchev–Trinajstić information content (AvgIpc) is 2.34. The highest BCUT2D eigenvalue weighted by molar-refractivity contribution is 4.85. The number of rotatable bonds is 3. The lowest BCUT2D eigenvalue weighted by Crippen LogP contribution is -2.49. The van der Waals surface area contributed by atoms with Crippen molar-refractivity contribution in [3.05, 3.63) is 0 Å². The summed E-state index contributed by atoms with van der Waals surface area (Å²) in [5, 5.41) is 0. The van der Waals surface area contributed by atoms with Crippen molar-refractivity contribution >= 4 is 0 Å². The van der Waals surface area contributed by atoms with Crippen molar-refractivity contribution in [2.24, 2.45) is 11.7 Å². The lowest BCUT2D eigenvalue weighted by atomic mass is 9.90. The third-order valence-electron chi connectivity index (χ3n) is 4.92. The molecule has 0 spiro atoms. The third kappa shape index (κ3) is 3.43. The lowest BCUT2D eigenvalue weighted by Gasteiger charge is -2.43. The molecule has 3 heteroatoms. The van der Waals surface area contributed by atoms with Crippen LogP contribution in [0.1, 0.15) is 39.0 Å². The predicted octanol–water partition coefficient (Wildman–Crippen LogP) is 1.53. The van der Waals surface area contributed by atoms with Gasteiger partial charge in [-0.3, -0.25) is 0 Å². The number of hydrogen-bond donors (Lipinski definition) is 1. The Bertz CT molecular complexity index is 224. The Morgan fingerprint density at radius 1 is 1.12 bits per heavy atom. The van der Waals surface area contributed by atoms with Crippen LogP contribution in [0.4, 0.5) is 0 Å². The minimum Gasteiger partial charge on any atom is -0.330 e. The van der Waals surface area contributed by atoms with Crippen LogP contribution in [0.2, 0.25) is 0 Å². The Labute approximate surface area is 106 Å². The Hall–Kier alpha value is -0.120. The molecule has 17 heavy (non-hydrogen) atoms. The van der Waals surface area contributed by atoms with Gasteiger partial charge < -0.3 is 15.5 Å². The fourth-order valence-corrected chi connectivity index (χ4v) is 3.44. The van der Waals surface area contributed by atoms with E-state index in [2.05, 4.69) is 23.8 Å². The maximum absolute atomic E-state index is 5.65. The van der Waals surface area contributed by atoms with Crippen molar-refractivity contribution < 1.29 is 0 Å². The van der Waals surface area contributed by atoms with Gasteiger partial charge in [0.1, 0.15) is 0 Å². The molecule has 2 saturated heterocycles. The summed E-state index contributed by atoms with van der Waals surface area (Å²) in [6, 6.07) is 1.61. The molecule has 0 aromatic rings. The van der Waals surface area contributed by atoms with Crippen molar-refractivity contribution in [2.45, 2.75) is 51.1 Å². The van der Waals surface area contributed by atoms with E-state index in [0.29, 0.717) is 0 Å². The van der Waals surface area contributed by atoms with Crippen molar-refractivity contribution in [1.82, 2.24) is 9.80 Å². The molecule has 0 bridgehead atoms. The first-order valence-electron chi connectivity index (χ1n) is 7.35. The van der Waals surface area contributed by atoms with Crippen molar-refractivity contribution in [3.63, 3.8) is 0 Å². The van der Waals surface area contributed by atoms with Gasteiger partial charge in [0.15, 0.2) is 0 Å². The topological polar surface area (TPSA) is 32.5 Å². The quantitative estimate of drug-likeness (QED) is 0.811. The zero-order chi connectivity index (χ0) is 12.3. The number of nitrogens with two attached hydrogens (primary N) is 1. The standard InChI is InChI=1S/C14H29N3/c1-12-11-14(6-8-16(12)2)17-9-4-13(3-7-15)5-10-17/h12-14H,3-11,15H2,1-2H3. The van der Waals surface area contributed by atoms with E-state index in [1.807, 2.05) is 0 Å². The van der Waals surface area contributed by atoms with E-state index in [1.165, 1.54) is 51.7 Å². The zero-order valence-electron chi connectivity index (χ0n) is 11.6. The molecular formula is C14H29N3. The van der Waals surface area contributed by atoms with Crippen molar-refractivity contribution in [3.8, 4) is 0 Å². The van der Waals surface area contributed by atoms with E-state index in [9.17, 15) is 0 Å². The molecule has 100 valence electrons. The number of hydrogen-bond acceptors (Lipinski definition) is 3. The molecule has 2 fully saturated rings. The van der Waals surface area contributed by atoms with Gasteiger partial charge in [-0.1, -0.05) is 0 Å². The molecule has 2 unspecified atom stereocenters. The van der Waals surface area contributed by atoms with E-state index in [-0.39, 0.29) is 0 Å². The summed E-state index contributed by atoms with van der Waals surface area (Å²) in [6.45, 7) is 7.13. The maximum Gasteiger partial charge on any atom is 0.0122 e. The van der Waals surface area contributed by atoms with Gasteiger partial charge in [-0.25, -0.2) is 0 Å². The maximum atomic E-state index is 5.65. The lowest BCUT2D eigenvalue weighted by molar-refractivity contribution is 0.0617. The molecule has 0 aromatic carbocycles. The first-order chi connectivity index (χ1) is 8.20. The van der Waals surface area contributed by atoms with E-state index in [4.69, 9.17) is 5.73 Å². The van der Waals surface area contributed by atoms with Gasteiger partial charge in [-0.05, 0) is 78.2 Å². The molecule has 0 saturated carbocycles. The monoisotopic (exact) mass is 239 g/mol. The molecule has 2 aliphatic rings. The molecule has 2 aliphatic heterocycles. The summed E-state index contributed by atoms with van der Waals surface area (Å²) >= 11 is 0. The van der Waals surface area contributed by atoms with Crippen molar-refractivity contribution in [2.75, 3.05) is 33.2 Å². The van der Waals surface area contributed by atoms with Gasteiger partial charge in [0.05, 0.1) is 0 Å². The molecule has 0 radical (unpaired) electrons. The van der Waals surface area contributed by atoms with E-state index in [0.717, 1.165) is 24.5 Å². The van der Waals surface area contributed by atoms with Gasteiger partial charge in [0.2, 0.25) is 0 Å². The number of nitrogens with zero attached hydrogens (tertiary/aromatic N) is 2. The molecule has 0 aromatic heterocycles. The Kier molecular flexibility index (Phi) is 4.83. The van der Waals surface area contributed by atoms with Gasteiger partial charge in [-0.2, -0.15) is 0 Å². The first-order valence-corrected chi connectivity index (χ1v) is 7.35. The van der Waals surface area contributed by atoms with Gasteiger partial charge in [-0.15, -0.1) is 0 Å². The smallest absolute Gasteiger partial charge is 0.0122 e. The molecule has 2 heterocycles. The normalized spacial score (nSPS) is 34.1. The van der Waals surface area contributed by atoms with Crippen LogP contribution in [0, 0.1) is 5.92 Å². The van der Waals surface area contributed by atoms with Gasteiger partial charge in [0, 0.05) is 12.1 Å². The van der Waals surface area contributed by atoms with E-state index >= 15 is 0 Å². The van der Waals surface area contributed by atoms with E-state index < -0.39 is 0 Å². The Morgan fingerprint density at radius 3 is 2.41 bits per heavy atom. The Morgan fingerprint density at radius 2 is 1.82 bits per heavy atom. The Balaban J connectivity index is 1.77. The highest BCUT2D eigenvalue weighted by Crippen LogP contribution is 2.26. The second-order valence-corrected chi connectivity index (χ2v) is 6.06. The summed E-state index contributed by atoms with van der Waals surface area (Å²) in [5.41, 5.74) is 5.65. The summed E-state index contributed by atoms with van der Waals surface area (Å²) < 4.78 is 0. The third-order valence-corrected chi connectivity index (χ3v) is 4.92. The van der Waals surface area contributed by atoms with Crippen LogP contribution in [0.5, 0.6) is 0 Å². The van der Waals surface area contributed by atoms with Crippen LogP contribution < -0.4 is 5.73 Å². The summed E-state index contributed by atoms with van der Waals surface area (Å²) in [7, 11) is 2.26. The van der Waals surface area contributed by atoms with Crippen LogP contribution in [0.15, 0.2) is 0 Å². The van der Waals surface area contributed by atoms with Crippen LogP contribution in [0.25, 0.3) is 0 Å². The summed E-state index contributed by atoms with van der Waals surface area (Å²) in [5.74, 6) is 0.903. The molecule has 0 aliphatic carbocycles. The van der Waals surface area contributed by atoms with E-state index in [1.54, 1.807) is 0 Å². The molecule has 2 atom stereocenters. The summed E-state index contributed by atoms with van der Waals surface area (Å²) in [6.07, 6.45) is 6.70. The highest BCUT2D eigenvalue weighted by atomic mass is 15.2. The number of piperidine rings is 2. The second-order valence-electron chi connectivity index (χ2n) is 6.06. The summed E-state index contributed by atoms with van der Waals surface area (Å²) in [4.78, 5) is 5.24. The van der Waals surface area contributed by atoms with Crippen LogP contribution in [-0.4, -0.2) is 55.1 Å². The average molecular weight is 239 g/mol. The molecule has 0 amide bonds.